The van der Waals surface area contributed by atoms with Crippen LogP contribution >= 0.6 is 11.6 Å². The molecule has 0 atom stereocenters. The second-order valence-electron chi connectivity index (χ2n) is 3.89. The highest BCUT2D eigenvalue weighted by Gasteiger charge is 2.23. The van der Waals surface area contributed by atoms with E-state index in [1.54, 1.807) is 6.07 Å². The van der Waals surface area contributed by atoms with Gasteiger partial charge in [-0.15, -0.1) is 0 Å². The van der Waals surface area contributed by atoms with Gasteiger partial charge < -0.3 is 14.8 Å². The van der Waals surface area contributed by atoms with Crippen LogP contribution in [0.1, 0.15) is 18.1 Å². The fourth-order valence-electron chi connectivity index (χ4n) is 1.96. The predicted octanol–water partition coefficient (Wildman–Crippen LogP) is 1.91. The van der Waals surface area contributed by atoms with E-state index in [0.717, 1.165) is 5.56 Å². The Hall–Kier alpha value is -1.75. The Kier molecular flexibility index (Phi) is 3.72. The number of carbonyl (C=O) groups is 2. The van der Waals surface area contributed by atoms with E-state index >= 15 is 0 Å². The molecule has 0 saturated carbocycles. The first-order valence-corrected chi connectivity index (χ1v) is 5.81. The quantitative estimate of drug-likeness (QED) is 0.848. The first-order valence-electron chi connectivity index (χ1n) is 5.43. The number of halogens is 1. The molecule has 2 rings (SSSR count). The molecule has 0 unspecified atom stereocenters. The van der Waals surface area contributed by atoms with Gasteiger partial charge in [0.15, 0.2) is 0 Å². The summed E-state index contributed by atoms with van der Waals surface area (Å²) in [6, 6.07) is 1.64. The van der Waals surface area contributed by atoms with Gasteiger partial charge >= 0.3 is 0 Å². The van der Waals surface area contributed by atoms with Crippen molar-refractivity contribution in [3.63, 3.8) is 0 Å². The molecule has 0 aromatic heterocycles. The molecular weight excluding hydrogens is 258 g/mol. The van der Waals surface area contributed by atoms with Crippen molar-refractivity contribution < 1.29 is 19.1 Å². The molecule has 1 aliphatic rings. The summed E-state index contributed by atoms with van der Waals surface area (Å²) in [5, 5.41) is 3.11. The van der Waals surface area contributed by atoms with E-state index in [1.165, 1.54) is 6.92 Å². The van der Waals surface area contributed by atoms with Gasteiger partial charge in [0.1, 0.15) is 12.4 Å². The lowest BCUT2D eigenvalue weighted by atomic mass is 10.1. The Bertz CT molecular complexity index is 501. The fourth-order valence-corrected chi connectivity index (χ4v) is 2.25. The van der Waals surface area contributed by atoms with Crippen molar-refractivity contribution >= 4 is 29.7 Å². The zero-order valence-electron chi connectivity index (χ0n) is 9.79. The monoisotopic (exact) mass is 269 g/mol. The molecule has 5 nitrogen and oxygen atoms in total. The topological polar surface area (TPSA) is 64.6 Å². The summed E-state index contributed by atoms with van der Waals surface area (Å²) in [5.41, 5.74) is 2.13. The van der Waals surface area contributed by atoms with Gasteiger partial charge in [-0.1, -0.05) is 11.6 Å². The van der Waals surface area contributed by atoms with Gasteiger partial charge in [0, 0.05) is 24.5 Å². The average Bonchev–Trinajstić information content (AvgIpc) is 2.79. The molecule has 1 heterocycles. The largest absolute Gasteiger partial charge is 0.492 e. The molecule has 0 radical (unpaired) electrons. The van der Waals surface area contributed by atoms with E-state index in [0.29, 0.717) is 41.5 Å². The molecule has 1 amide bonds. The van der Waals surface area contributed by atoms with Gasteiger partial charge in [-0.05, 0) is 6.07 Å². The van der Waals surface area contributed by atoms with Gasteiger partial charge in [0.25, 0.3) is 6.47 Å². The zero-order valence-corrected chi connectivity index (χ0v) is 10.5. The van der Waals surface area contributed by atoms with E-state index in [4.69, 9.17) is 21.1 Å². The van der Waals surface area contributed by atoms with Crippen LogP contribution in [0, 0.1) is 0 Å². The highest BCUT2D eigenvalue weighted by atomic mass is 35.5. The number of hydrogen-bond acceptors (Lipinski definition) is 4. The Morgan fingerprint density at radius 2 is 2.44 bits per heavy atom. The lowest BCUT2D eigenvalue weighted by Gasteiger charge is -2.13. The SMILES string of the molecule is CC(=O)Nc1c(Cl)cc(COC=O)c2c1CCO2. The van der Waals surface area contributed by atoms with Gasteiger partial charge in [-0.2, -0.15) is 0 Å². The molecule has 0 bridgehead atoms. The third-order valence-corrected chi connectivity index (χ3v) is 2.91. The Morgan fingerprint density at radius 3 is 3.11 bits per heavy atom. The third-order valence-electron chi connectivity index (χ3n) is 2.61. The van der Waals surface area contributed by atoms with Crippen molar-refractivity contribution in [3.8, 4) is 5.75 Å². The molecule has 96 valence electrons. The lowest BCUT2D eigenvalue weighted by molar-refractivity contribution is -0.129. The molecule has 0 aliphatic carbocycles. The van der Waals surface area contributed by atoms with Crippen LogP contribution in [0.3, 0.4) is 0 Å². The van der Waals surface area contributed by atoms with Crippen molar-refractivity contribution in [1.29, 1.82) is 0 Å². The van der Waals surface area contributed by atoms with Crippen LogP contribution < -0.4 is 10.1 Å². The zero-order chi connectivity index (χ0) is 13.1. The van der Waals surface area contributed by atoms with E-state index in [9.17, 15) is 9.59 Å². The Balaban J connectivity index is 2.42. The summed E-state index contributed by atoms with van der Waals surface area (Å²) in [6.45, 7) is 2.42. The van der Waals surface area contributed by atoms with Crippen LogP contribution in [0.15, 0.2) is 6.07 Å². The van der Waals surface area contributed by atoms with Gasteiger partial charge in [0.2, 0.25) is 5.91 Å². The molecular formula is C12H12ClNO4. The molecule has 1 N–H and O–H groups in total. The average molecular weight is 270 g/mol. The first kappa shape index (κ1) is 12.7. The summed E-state index contributed by atoms with van der Waals surface area (Å²) in [6.07, 6.45) is 0.666. The van der Waals surface area contributed by atoms with Gasteiger partial charge in [0.05, 0.1) is 17.3 Å². The minimum Gasteiger partial charge on any atom is -0.492 e. The molecule has 0 saturated heterocycles. The fraction of sp³-hybridized carbons (Fsp3) is 0.333. The van der Waals surface area contributed by atoms with E-state index in [2.05, 4.69) is 5.32 Å². The van der Waals surface area contributed by atoms with Crippen LogP contribution in [0.2, 0.25) is 5.02 Å². The van der Waals surface area contributed by atoms with Crippen LogP contribution in [0.25, 0.3) is 0 Å². The summed E-state index contributed by atoms with van der Waals surface area (Å²) in [7, 11) is 0. The van der Waals surface area contributed by atoms with Crippen molar-refractivity contribution in [3.05, 3.63) is 22.2 Å². The number of hydrogen-bond donors (Lipinski definition) is 1. The molecule has 18 heavy (non-hydrogen) atoms. The number of carbonyl (C=O) groups excluding carboxylic acids is 2. The highest BCUT2D eigenvalue weighted by molar-refractivity contribution is 6.34. The van der Waals surface area contributed by atoms with Crippen LogP contribution in [0.4, 0.5) is 5.69 Å². The van der Waals surface area contributed by atoms with Gasteiger partial charge in [-0.3, -0.25) is 9.59 Å². The van der Waals surface area contributed by atoms with Crippen LogP contribution in [-0.2, 0) is 27.4 Å². The van der Waals surface area contributed by atoms with Crippen molar-refractivity contribution in [1.82, 2.24) is 0 Å². The molecule has 0 fully saturated rings. The maximum absolute atomic E-state index is 11.1. The predicted molar refractivity (Wildman–Crippen MR) is 65.8 cm³/mol. The molecule has 6 heteroatoms. The second-order valence-corrected chi connectivity index (χ2v) is 4.29. The van der Waals surface area contributed by atoms with E-state index < -0.39 is 0 Å². The summed E-state index contributed by atoms with van der Waals surface area (Å²) in [5.74, 6) is 0.452. The van der Waals surface area contributed by atoms with Crippen molar-refractivity contribution in [2.24, 2.45) is 0 Å². The molecule has 1 aliphatic heterocycles. The molecule has 1 aromatic carbocycles. The summed E-state index contributed by atoms with van der Waals surface area (Å²) >= 11 is 6.12. The van der Waals surface area contributed by atoms with E-state index in [-0.39, 0.29) is 12.5 Å². The van der Waals surface area contributed by atoms with Crippen molar-refractivity contribution in [2.75, 3.05) is 11.9 Å². The van der Waals surface area contributed by atoms with Crippen LogP contribution in [-0.4, -0.2) is 19.0 Å². The minimum atomic E-state index is -0.192. The number of anilines is 1. The number of nitrogens with one attached hydrogen (secondary N) is 1. The summed E-state index contributed by atoms with van der Waals surface area (Å²) in [4.78, 5) is 21.4. The minimum absolute atomic E-state index is 0.103. The standard InChI is InChI=1S/C12H12ClNO4/c1-7(16)14-11-9-2-3-18-12(9)8(4-10(11)13)5-17-6-15/h4,6H,2-3,5H2,1H3,(H,14,16). The number of fused-ring (bicyclic) bond motifs is 1. The van der Waals surface area contributed by atoms with Crippen LogP contribution in [0.5, 0.6) is 5.75 Å². The molecule has 0 spiro atoms. The van der Waals surface area contributed by atoms with Crippen molar-refractivity contribution in [2.45, 2.75) is 20.0 Å². The van der Waals surface area contributed by atoms with Gasteiger partial charge in [-0.25, -0.2) is 0 Å². The third kappa shape index (κ3) is 2.41. The highest BCUT2D eigenvalue weighted by Crippen LogP contribution is 2.40. The number of benzene rings is 1. The Labute approximate surface area is 109 Å². The number of ether oxygens (including phenoxy) is 2. The Morgan fingerprint density at radius 1 is 1.67 bits per heavy atom. The normalized spacial score (nSPS) is 12.6. The maximum Gasteiger partial charge on any atom is 0.293 e. The first-order chi connectivity index (χ1) is 8.63. The maximum atomic E-state index is 11.1. The number of amides is 1. The summed E-state index contributed by atoms with van der Waals surface area (Å²) < 4.78 is 10.2. The number of rotatable bonds is 4. The van der Waals surface area contributed by atoms with E-state index in [1.807, 2.05) is 0 Å². The lowest BCUT2D eigenvalue weighted by Crippen LogP contribution is -2.09. The molecule has 1 aromatic rings. The second kappa shape index (κ2) is 5.27. The smallest absolute Gasteiger partial charge is 0.293 e.